The number of aromatic nitrogens is 1. The van der Waals surface area contributed by atoms with E-state index < -0.39 is 0 Å². The number of piperidine rings is 1. The van der Waals surface area contributed by atoms with Crippen LogP contribution in [0.5, 0.6) is 0 Å². The van der Waals surface area contributed by atoms with Crippen LogP contribution in [0.1, 0.15) is 24.8 Å². The highest BCUT2D eigenvalue weighted by Gasteiger charge is 2.25. The molecule has 0 aromatic carbocycles. The van der Waals surface area contributed by atoms with Gasteiger partial charge in [-0.2, -0.15) is 0 Å². The molecule has 0 aliphatic carbocycles. The Balaban J connectivity index is 2.13. The molecule has 1 aliphatic heterocycles. The topological polar surface area (TPSA) is 50.3 Å². The molecule has 84 valence electrons. The van der Waals surface area contributed by atoms with E-state index in [9.17, 15) is 9.59 Å². The lowest BCUT2D eigenvalue weighted by Gasteiger charge is -2.24. The van der Waals surface area contributed by atoms with Crippen LogP contribution in [0.4, 0.5) is 0 Å². The standard InChI is InChI=1S/C11H11ClN2O2/c12-9-6-8(4-5-13-9)7-14-10(15)2-1-3-11(14)16/h4-6H,1-3,7H2. The van der Waals surface area contributed by atoms with Crippen LogP contribution in [0.15, 0.2) is 18.3 Å². The molecule has 0 radical (unpaired) electrons. The summed E-state index contributed by atoms with van der Waals surface area (Å²) in [7, 11) is 0. The van der Waals surface area contributed by atoms with Crippen molar-refractivity contribution in [2.75, 3.05) is 0 Å². The summed E-state index contributed by atoms with van der Waals surface area (Å²) in [6, 6.07) is 3.41. The molecule has 1 aliphatic rings. The first-order valence-corrected chi connectivity index (χ1v) is 5.48. The van der Waals surface area contributed by atoms with Crippen LogP contribution in [0, 0.1) is 0 Å². The number of carbonyl (C=O) groups is 2. The van der Waals surface area contributed by atoms with Crippen molar-refractivity contribution in [3.05, 3.63) is 29.0 Å². The highest BCUT2D eigenvalue weighted by atomic mass is 35.5. The summed E-state index contributed by atoms with van der Waals surface area (Å²) in [5.41, 5.74) is 0.823. The average Bonchev–Trinajstić information content (AvgIpc) is 2.24. The number of halogens is 1. The lowest BCUT2D eigenvalue weighted by molar-refractivity contribution is -0.148. The molecule has 1 saturated heterocycles. The van der Waals surface area contributed by atoms with Crippen molar-refractivity contribution in [3.63, 3.8) is 0 Å². The third kappa shape index (κ3) is 2.39. The molecule has 4 nitrogen and oxygen atoms in total. The zero-order chi connectivity index (χ0) is 11.5. The highest BCUT2D eigenvalue weighted by Crippen LogP contribution is 2.16. The van der Waals surface area contributed by atoms with Gasteiger partial charge >= 0.3 is 0 Å². The van der Waals surface area contributed by atoms with Gasteiger partial charge in [0.05, 0.1) is 6.54 Å². The summed E-state index contributed by atoms with van der Waals surface area (Å²) in [6.45, 7) is 0.292. The number of hydrogen-bond acceptors (Lipinski definition) is 3. The van der Waals surface area contributed by atoms with Gasteiger partial charge in [0.25, 0.3) is 0 Å². The maximum Gasteiger partial charge on any atom is 0.229 e. The Hall–Kier alpha value is -1.42. The minimum absolute atomic E-state index is 0.107. The maximum absolute atomic E-state index is 11.6. The largest absolute Gasteiger partial charge is 0.278 e. The Bertz CT molecular complexity index is 418. The number of amides is 2. The van der Waals surface area contributed by atoms with Crippen LogP contribution in [-0.2, 0) is 16.1 Å². The Labute approximate surface area is 98.2 Å². The third-order valence-electron chi connectivity index (χ3n) is 2.52. The van der Waals surface area contributed by atoms with Gasteiger partial charge in [0.15, 0.2) is 0 Å². The molecule has 0 atom stereocenters. The molecular weight excluding hydrogens is 228 g/mol. The Kier molecular flexibility index (Phi) is 3.19. The molecular formula is C11H11ClN2O2. The van der Waals surface area contributed by atoms with Crippen molar-refractivity contribution in [1.82, 2.24) is 9.88 Å². The van der Waals surface area contributed by atoms with E-state index in [2.05, 4.69) is 4.98 Å². The Morgan fingerprint density at radius 1 is 1.31 bits per heavy atom. The number of nitrogens with zero attached hydrogens (tertiary/aromatic N) is 2. The fraction of sp³-hybridized carbons (Fsp3) is 0.364. The second kappa shape index (κ2) is 4.61. The summed E-state index contributed by atoms with van der Waals surface area (Å²) in [4.78, 5) is 28.2. The molecule has 2 amide bonds. The summed E-state index contributed by atoms with van der Waals surface area (Å²) in [6.07, 6.45) is 3.12. The van der Waals surface area contributed by atoms with Gasteiger partial charge in [-0.05, 0) is 24.1 Å². The quantitative estimate of drug-likeness (QED) is 0.583. The van der Waals surface area contributed by atoms with E-state index in [4.69, 9.17) is 11.6 Å². The minimum atomic E-state index is -0.107. The minimum Gasteiger partial charge on any atom is -0.278 e. The van der Waals surface area contributed by atoms with Crippen molar-refractivity contribution in [2.24, 2.45) is 0 Å². The molecule has 0 bridgehead atoms. The molecule has 0 N–H and O–H groups in total. The zero-order valence-corrected chi connectivity index (χ0v) is 9.41. The van der Waals surface area contributed by atoms with E-state index in [-0.39, 0.29) is 11.8 Å². The van der Waals surface area contributed by atoms with Crippen LogP contribution in [0.25, 0.3) is 0 Å². The molecule has 1 aromatic heterocycles. The average molecular weight is 239 g/mol. The van der Waals surface area contributed by atoms with Crippen molar-refractivity contribution >= 4 is 23.4 Å². The van der Waals surface area contributed by atoms with Crippen molar-refractivity contribution < 1.29 is 9.59 Å². The number of likely N-dealkylation sites (tertiary alicyclic amines) is 1. The summed E-state index contributed by atoms with van der Waals surface area (Å²) in [5.74, 6) is -0.214. The maximum atomic E-state index is 11.6. The first-order valence-electron chi connectivity index (χ1n) is 5.10. The van der Waals surface area contributed by atoms with Gasteiger partial charge in [-0.1, -0.05) is 11.6 Å². The van der Waals surface area contributed by atoms with Gasteiger partial charge in [-0.25, -0.2) is 4.98 Å². The molecule has 5 heteroatoms. The second-order valence-electron chi connectivity index (χ2n) is 3.71. The zero-order valence-electron chi connectivity index (χ0n) is 8.65. The van der Waals surface area contributed by atoms with E-state index in [1.807, 2.05) is 0 Å². The molecule has 0 saturated carbocycles. The van der Waals surface area contributed by atoms with Crippen LogP contribution in [-0.4, -0.2) is 21.7 Å². The van der Waals surface area contributed by atoms with Gasteiger partial charge in [0.2, 0.25) is 11.8 Å². The normalized spacial score (nSPS) is 16.7. The third-order valence-corrected chi connectivity index (χ3v) is 2.72. The smallest absolute Gasteiger partial charge is 0.229 e. The predicted octanol–water partition coefficient (Wildman–Crippen LogP) is 1.77. The fourth-order valence-corrected chi connectivity index (χ4v) is 1.90. The highest BCUT2D eigenvalue weighted by molar-refractivity contribution is 6.29. The van der Waals surface area contributed by atoms with Crippen molar-refractivity contribution in [2.45, 2.75) is 25.8 Å². The van der Waals surface area contributed by atoms with Crippen LogP contribution >= 0.6 is 11.6 Å². The van der Waals surface area contributed by atoms with Crippen LogP contribution in [0.2, 0.25) is 5.15 Å². The fourth-order valence-electron chi connectivity index (χ4n) is 1.70. The van der Waals surface area contributed by atoms with Crippen molar-refractivity contribution in [1.29, 1.82) is 0 Å². The van der Waals surface area contributed by atoms with E-state index in [1.165, 1.54) is 4.90 Å². The van der Waals surface area contributed by atoms with E-state index in [1.54, 1.807) is 18.3 Å². The van der Waals surface area contributed by atoms with Crippen LogP contribution in [0.3, 0.4) is 0 Å². The van der Waals surface area contributed by atoms with E-state index in [0.29, 0.717) is 31.0 Å². The Morgan fingerprint density at radius 3 is 2.62 bits per heavy atom. The molecule has 2 rings (SSSR count). The number of carbonyl (C=O) groups excluding carboxylic acids is 2. The Morgan fingerprint density at radius 2 is 2.00 bits per heavy atom. The van der Waals surface area contributed by atoms with E-state index in [0.717, 1.165) is 5.56 Å². The summed E-state index contributed by atoms with van der Waals surface area (Å²) >= 11 is 5.74. The number of imide groups is 1. The molecule has 2 heterocycles. The number of rotatable bonds is 2. The predicted molar refractivity (Wildman–Crippen MR) is 58.7 cm³/mol. The number of hydrogen-bond donors (Lipinski definition) is 0. The summed E-state index contributed by atoms with van der Waals surface area (Å²) in [5, 5.41) is 0.370. The van der Waals surface area contributed by atoms with Crippen molar-refractivity contribution in [3.8, 4) is 0 Å². The number of pyridine rings is 1. The SMILES string of the molecule is O=C1CCCC(=O)N1Cc1ccnc(Cl)c1. The second-order valence-corrected chi connectivity index (χ2v) is 4.10. The lowest BCUT2D eigenvalue weighted by Crippen LogP contribution is -2.39. The molecule has 1 fully saturated rings. The van der Waals surface area contributed by atoms with Gasteiger partial charge in [0, 0.05) is 19.0 Å². The first kappa shape index (κ1) is 11.1. The van der Waals surface area contributed by atoms with Crippen LogP contribution < -0.4 is 0 Å². The molecule has 16 heavy (non-hydrogen) atoms. The van der Waals surface area contributed by atoms with Gasteiger partial charge in [-0.15, -0.1) is 0 Å². The molecule has 0 unspecified atom stereocenters. The monoisotopic (exact) mass is 238 g/mol. The van der Waals surface area contributed by atoms with Gasteiger partial charge < -0.3 is 0 Å². The molecule has 0 spiro atoms. The lowest BCUT2D eigenvalue weighted by atomic mass is 10.1. The van der Waals surface area contributed by atoms with E-state index >= 15 is 0 Å². The first-order chi connectivity index (χ1) is 7.66. The van der Waals surface area contributed by atoms with Gasteiger partial charge in [-0.3, -0.25) is 14.5 Å². The summed E-state index contributed by atoms with van der Waals surface area (Å²) < 4.78 is 0. The van der Waals surface area contributed by atoms with Gasteiger partial charge in [0.1, 0.15) is 5.15 Å². The molecule has 1 aromatic rings.